The number of benzene rings is 1. The molecule has 1 unspecified atom stereocenters. The van der Waals surface area contributed by atoms with E-state index in [0.29, 0.717) is 17.9 Å². The van der Waals surface area contributed by atoms with Crippen molar-refractivity contribution in [1.29, 1.82) is 5.26 Å². The van der Waals surface area contributed by atoms with Crippen molar-refractivity contribution in [3.05, 3.63) is 71.0 Å². The quantitative estimate of drug-likeness (QED) is 0.647. The van der Waals surface area contributed by atoms with E-state index in [2.05, 4.69) is 18.1 Å². The number of aliphatic hydroxyl groups is 1. The van der Waals surface area contributed by atoms with Crippen molar-refractivity contribution in [3.63, 3.8) is 0 Å². The molecule has 5 heteroatoms. The molecule has 1 aliphatic carbocycles. The second-order valence-electron chi connectivity index (χ2n) is 8.19. The highest BCUT2D eigenvalue weighted by molar-refractivity contribution is 5.79. The zero-order valence-corrected chi connectivity index (χ0v) is 17.9. The second-order valence-corrected chi connectivity index (χ2v) is 8.19. The third kappa shape index (κ3) is 4.77. The Kier molecular flexibility index (Phi) is 6.69. The molecule has 0 spiro atoms. The number of hydrogen-bond donors (Lipinski definition) is 1. The molecule has 4 rings (SSSR count). The standard InChI is InChI=1S/C13H13N3.C12H16O2/c1-9-13(11-3-2-4-11)12-7-10(8-14)5-6-16(12)15-9;1-3-11(13)9-12(2,14)10-7-5-4-6-8-10/h5-7,11H,2-4H2,1H3;4-8,14H,3,9H2,1-2H3. The molecule has 0 saturated heterocycles. The summed E-state index contributed by atoms with van der Waals surface area (Å²) in [7, 11) is 0. The van der Waals surface area contributed by atoms with E-state index in [1.165, 1.54) is 24.8 Å². The summed E-state index contributed by atoms with van der Waals surface area (Å²) in [5.41, 5.74) is 4.05. The average molecular weight is 404 g/mol. The van der Waals surface area contributed by atoms with Crippen molar-refractivity contribution >= 4 is 11.3 Å². The maximum atomic E-state index is 11.2. The van der Waals surface area contributed by atoms with E-state index in [4.69, 9.17) is 5.26 Å². The molecule has 1 aliphatic rings. The van der Waals surface area contributed by atoms with E-state index in [-0.39, 0.29) is 12.2 Å². The van der Waals surface area contributed by atoms with Crippen LogP contribution in [-0.2, 0) is 10.4 Å². The minimum atomic E-state index is -1.03. The Morgan fingerprint density at radius 2 is 2.00 bits per heavy atom. The van der Waals surface area contributed by atoms with Gasteiger partial charge in [0.1, 0.15) is 5.78 Å². The fourth-order valence-electron chi connectivity index (χ4n) is 3.86. The molecule has 30 heavy (non-hydrogen) atoms. The maximum Gasteiger partial charge on any atom is 0.135 e. The molecule has 0 amide bonds. The van der Waals surface area contributed by atoms with E-state index in [1.807, 2.05) is 60.1 Å². The summed E-state index contributed by atoms with van der Waals surface area (Å²) in [5.74, 6) is 0.741. The van der Waals surface area contributed by atoms with E-state index in [1.54, 1.807) is 6.92 Å². The molecule has 0 aliphatic heterocycles. The summed E-state index contributed by atoms with van der Waals surface area (Å²) in [5, 5.41) is 23.5. The number of Topliss-reactive ketones (excluding diaryl/α,β-unsaturated/α-hetero) is 1. The lowest BCUT2D eigenvalue weighted by atomic mass is 9.79. The van der Waals surface area contributed by atoms with Crippen LogP contribution in [0.2, 0.25) is 0 Å². The van der Waals surface area contributed by atoms with Gasteiger partial charge in [0, 0.05) is 24.6 Å². The molecule has 1 fully saturated rings. The number of pyridine rings is 1. The Hall–Kier alpha value is -2.97. The van der Waals surface area contributed by atoms with Crippen LogP contribution in [0.15, 0.2) is 48.7 Å². The number of nitrogens with zero attached hydrogens (tertiary/aromatic N) is 3. The number of nitriles is 1. The largest absolute Gasteiger partial charge is 0.385 e. The van der Waals surface area contributed by atoms with Crippen LogP contribution < -0.4 is 0 Å². The van der Waals surface area contributed by atoms with Gasteiger partial charge in [-0.1, -0.05) is 43.7 Å². The SMILES string of the molecule is CCC(=O)CC(C)(O)c1ccccc1.Cc1nn2ccc(C#N)cc2c1C1CCC1. The van der Waals surface area contributed by atoms with Gasteiger partial charge in [0.15, 0.2) is 0 Å². The molecule has 1 N–H and O–H groups in total. The first-order valence-electron chi connectivity index (χ1n) is 10.5. The number of ketones is 1. The second kappa shape index (κ2) is 9.23. The van der Waals surface area contributed by atoms with Crippen LogP contribution in [0.1, 0.15) is 74.3 Å². The molecule has 156 valence electrons. The summed E-state index contributed by atoms with van der Waals surface area (Å²) in [6, 6.07) is 15.2. The van der Waals surface area contributed by atoms with Crippen molar-refractivity contribution < 1.29 is 9.90 Å². The molecule has 3 aromatic rings. The number of rotatable bonds is 5. The van der Waals surface area contributed by atoms with Crippen LogP contribution in [-0.4, -0.2) is 20.5 Å². The first kappa shape index (κ1) is 21.7. The number of carbonyl (C=O) groups is 1. The number of aryl methyl sites for hydroxylation is 1. The summed E-state index contributed by atoms with van der Waals surface area (Å²) in [6.07, 6.45) is 6.39. The van der Waals surface area contributed by atoms with Crippen molar-refractivity contribution in [1.82, 2.24) is 9.61 Å². The summed E-state index contributed by atoms with van der Waals surface area (Å²) >= 11 is 0. The Bertz CT molecular complexity index is 1060. The van der Waals surface area contributed by atoms with E-state index < -0.39 is 5.60 Å². The molecule has 2 heterocycles. The minimum Gasteiger partial charge on any atom is -0.385 e. The van der Waals surface area contributed by atoms with Gasteiger partial charge in [0.05, 0.1) is 28.4 Å². The smallest absolute Gasteiger partial charge is 0.135 e. The normalized spacial score (nSPS) is 15.4. The van der Waals surface area contributed by atoms with E-state index in [0.717, 1.165) is 16.8 Å². The molecular formula is C25H29N3O2. The number of carbonyl (C=O) groups excluding carboxylic acids is 1. The highest BCUT2D eigenvalue weighted by Crippen LogP contribution is 2.40. The summed E-state index contributed by atoms with van der Waals surface area (Å²) in [4.78, 5) is 11.2. The van der Waals surface area contributed by atoms with Crippen LogP contribution in [0.5, 0.6) is 0 Å². The predicted octanol–water partition coefficient (Wildman–Crippen LogP) is 5.05. The van der Waals surface area contributed by atoms with Gasteiger partial charge in [-0.15, -0.1) is 0 Å². The topological polar surface area (TPSA) is 78.4 Å². The van der Waals surface area contributed by atoms with E-state index >= 15 is 0 Å². The van der Waals surface area contributed by atoms with Crippen molar-refractivity contribution in [2.75, 3.05) is 0 Å². The number of hydrogen-bond acceptors (Lipinski definition) is 4. The van der Waals surface area contributed by atoms with Gasteiger partial charge < -0.3 is 5.11 Å². The van der Waals surface area contributed by atoms with Gasteiger partial charge in [0.2, 0.25) is 0 Å². The molecule has 5 nitrogen and oxygen atoms in total. The Morgan fingerprint density at radius 1 is 1.30 bits per heavy atom. The lowest BCUT2D eigenvalue weighted by Crippen LogP contribution is -2.24. The summed E-state index contributed by atoms with van der Waals surface area (Å²) < 4.78 is 1.89. The van der Waals surface area contributed by atoms with Gasteiger partial charge in [0.25, 0.3) is 0 Å². The minimum absolute atomic E-state index is 0.0823. The number of aromatic nitrogens is 2. The van der Waals surface area contributed by atoms with Crippen molar-refractivity contribution in [3.8, 4) is 6.07 Å². The summed E-state index contributed by atoms with van der Waals surface area (Å²) in [6.45, 7) is 5.55. The van der Waals surface area contributed by atoms with Gasteiger partial charge in [-0.25, -0.2) is 4.52 Å². The molecular weight excluding hydrogens is 374 g/mol. The third-order valence-electron chi connectivity index (χ3n) is 5.83. The first-order valence-corrected chi connectivity index (χ1v) is 10.5. The Balaban J connectivity index is 0.000000173. The average Bonchev–Trinajstić information content (AvgIpc) is 3.02. The van der Waals surface area contributed by atoms with Crippen LogP contribution in [0, 0.1) is 18.3 Å². The third-order valence-corrected chi connectivity index (χ3v) is 5.83. The van der Waals surface area contributed by atoms with Crippen LogP contribution in [0.25, 0.3) is 5.52 Å². The molecule has 1 aromatic carbocycles. The Labute approximate surface area is 178 Å². The predicted molar refractivity (Wildman–Crippen MR) is 117 cm³/mol. The molecule has 1 atom stereocenters. The number of fused-ring (bicyclic) bond motifs is 1. The van der Waals surface area contributed by atoms with Gasteiger partial charge in [-0.3, -0.25) is 4.79 Å². The van der Waals surface area contributed by atoms with Crippen LogP contribution in [0.4, 0.5) is 0 Å². The fourth-order valence-corrected chi connectivity index (χ4v) is 3.86. The van der Waals surface area contributed by atoms with Gasteiger partial charge in [-0.2, -0.15) is 10.4 Å². The lowest BCUT2D eigenvalue weighted by Gasteiger charge is -2.25. The fraction of sp³-hybridized carbons (Fsp3) is 0.400. The molecule has 1 saturated carbocycles. The Morgan fingerprint density at radius 3 is 2.57 bits per heavy atom. The van der Waals surface area contributed by atoms with Gasteiger partial charge in [-0.05, 0) is 50.3 Å². The van der Waals surface area contributed by atoms with E-state index in [9.17, 15) is 9.90 Å². The van der Waals surface area contributed by atoms with Crippen molar-refractivity contribution in [2.45, 2.75) is 64.4 Å². The van der Waals surface area contributed by atoms with Crippen LogP contribution in [0.3, 0.4) is 0 Å². The van der Waals surface area contributed by atoms with Crippen LogP contribution >= 0.6 is 0 Å². The zero-order chi connectivity index (χ0) is 21.7. The van der Waals surface area contributed by atoms with Gasteiger partial charge >= 0.3 is 0 Å². The molecule has 0 radical (unpaired) electrons. The highest BCUT2D eigenvalue weighted by Gasteiger charge is 2.26. The van der Waals surface area contributed by atoms with Crippen molar-refractivity contribution in [2.24, 2.45) is 0 Å². The lowest BCUT2D eigenvalue weighted by molar-refractivity contribution is -0.123. The first-order chi connectivity index (χ1) is 14.4. The monoisotopic (exact) mass is 403 g/mol. The molecule has 2 aromatic heterocycles. The highest BCUT2D eigenvalue weighted by atomic mass is 16.3. The maximum absolute atomic E-state index is 11.2. The zero-order valence-electron chi connectivity index (χ0n) is 17.9. The molecule has 0 bridgehead atoms.